The molecule has 0 amide bonds. The third-order valence-corrected chi connectivity index (χ3v) is 1.89. The average molecular weight is 178 g/mol. The zero-order valence-electron chi connectivity index (χ0n) is 7.23. The van der Waals surface area contributed by atoms with Crippen LogP contribution < -0.4 is 0 Å². The maximum Gasteiger partial charge on any atom is 0.150 e. The number of hydrogen-bond donors (Lipinski definition) is 1. The van der Waals surface area contributed by atoms with Crippen LogP contribution in [-0.4, -0.2) is 17.7 Å². The van der Waals surface area contributed by atoms with E-state index in [0.29, 0.717) is 17.4 Å². The van der Waals surface area contributed by atoms with Crippen molar-refractivity contribution in [1.29, 1.82) is 0 Å². The van der Waals surface area contributed by atoms with Crippen LogP contribution in [0.4, 0.5) is 0 Å². The van der Waals surface area contributed by atoms with E-state index in [1.807, 2.05) is 0 Å². The number of hydrogen-bond acceptors (Lipinski definition) is 3. The quantitative estimate of drug-likeness (QED) is 0.713. The van der Waals surface area contributed by atoms with Gasteiger partial charge in [-0.3, -0.25) is 4.79 Å². The van der Waals surface area contributed by atoms with Crippen LogP contribution in [0.25, 0.3) is 0 Å². The van der Waals surface area contributed by atoms with Crippen molar-refractivity contribution in [2.24, 2.45) is 0 Å². The average Bonchev–Trinajstić information content (AvgIpc) is 2.16. The highest BCUT2D eigenvalue weighted by Gasteiger charge is 2.09. The van der Waals surface area contributed by atoms with Gasteiger partial charge < -0.3 is 9.90 Å². The first-order valence-corrected chi connectivity index (χ1v) is 3.92. The van der Waals surface area contributed by atoms with E-state index in [1.54, 1.807) is 6.92 Å². The van der Waals surface area contributed by atoms with Gasteiger partial charge in [0.1, 0.15) is 18.3 Å². The molecule has 0 radical (unpaired) electrons. The Hall–Kier alpha value is -1.64. The Labute approximate surface area is 76.0 Å². The number of aldehydes is 2. The number of carbonyl (C=O) groups is 2. The maximum atomic E-state index is 10.6. The van der Waals surface area contributed by atoms with Crippen LogP contribution in [0.2, 0.25) is 0 Å². The second-order valence-electron chi connectivity index (χ2n) is 2.86. The molecule has 0 fully saturated rings. The molecule has 1 aromatic carbocycles. The van der Waals surface area contributed by atoms with Crippen molar-refractivity contribution in [2.45, 2.75) is 12.8 Å². The van der Waals surface area contributed by atoms with Crippen molar-refractivity contribution in [1.82, 2.24) is 0 Å². The molecule has 1 atom stereocenters. The molecule has 68 valence electrons. The summed E-state index contributed by atoms with van der Waals surface area (Å²) in [5, 5.41) is 9.15. The van der Waals surface area contributed by atoms with E-state index in [9.17, 15) is 9.59 Å². The summed E-state index contributed by atoms with van der Waals surface area (Å²) < 4.78 is 0. The largest absolute Gasteiger partial charge is 0.508 e. The first-order chi connectivity index (χ1) is 6.19. The molecule has 0 bridgehead atoms. The number of carbonyl (C=O) groups excluding carboxylic acids is 2. The summed E-state index contributed by atoms with van der Waals surface area (Å²) in [4.78, 5) is 21.0. The van der Waals surface area contributed by atoms with Gasteiger partial charge in [0.2, 0.25) is 0 Å². The number of aromatic hydroxyl groups is 1. The fourth-order valence-corrected chi connectivity index (χ4v) is 1.14. The SMILES string of the molecule is CC(C=O)c1cc(O)ccc1C=O. The van der Waals surface area contributed by atoms with Crippen molar-refractivity contribution >= 4 is 12.6 Å². The van der Waals surface area contributed by atoms with E-state index < -0.39 is 0 Å². The minimum Gasteiger partial charge on any atom is -0.508 e. The van der Waals surface area contributed by atoms with Crippen molar-refractivity contribution in [3.05, 3.63) is 29.3 Å². The molecule has 1 rings (SSSR count). The topological polar surface area (TPSA) is 54.4 Å². The lowest BCUT2D eigenvalue weighted by atomic mass is 9.97. The van der Waals surface area contributed by atoms with Gasteiger partial charge in [-0.05, 0) is 23.8 Å². The Kier molecular flexibility index (Phi) is 2.80. The van der Waals surface area contributed by atoms with E-state index in [2.05, 4.69) is 0 Å². The van der Waals surface area contributed by atoms with Gasteiger partial charge in [0, 0.05) is 11.5 Å². The smallest absolute Gasteiger partial charge is 0.150 e. The minimum absolute atomic E-state index is 0.0642. The van der Waals surface area contributed by atoms with Gasteiger partial charge in [-0.2, -0.15) is 0 Å². The highest BCUT2D eigenvalue weighted by atomic mass is 16.3. The number of benzene rings is 1. The number of phenols is 1. The van der Waals surface area contributed by atoms with Crippen LogP contribution >= 0.6 is 0 Å². The molecular weight excluding hydrogens is 168 g/mol. The summed E-state index contributed by atoms with van der Waals surface area (Å²) in [6.45, 7) is 1.68. The molecule has 0 saturated carbocycles. The Bertz CT molecular complexity index is 331. The molecular formula is C10H10O3. The Morgan fingerprint density at radius 2 is 2.08 bits per heavy atom. The molecule has 3 nitrogen and oxygen atoms in total. The summed E-state index contributed by atoms with van der Waals surface area (Å²) >= 11 is 0. The number of phenolic OH excluding ortho intramolecular Hbond substituents is 1. The van der Waals surface area contributed by atoms with Gasteiger partial charge in [0.05, 0.1) is 0 Å². The van der Waals surface area contributed by atoms with Gasteiger partial charge in [0.25, 0.3) is 0 Å². The summed E-state index contributed by atoms with van der Waals surface area (Å²) in [5.41, 5.74) is 1.00. The fraction of sp³-hybridized carbons (Fsp3) is 0.200. The Balaban J connectivity index is 3.22. The molecule has 1 N–H and O–H groups in total. The molecule has 3 heteroatoms. The van der Waals surface area contributed by atoms with Crippen LogP contribution in [0, 0.1) is 0 Å². The summed E-state index contributed by atoms with van der Waals surface area (Å²) in [6, 6.07) is 4.35. The summed E-state index contributed by atoms with van der Waals surface area (Å²) in [5.74, 6) is -0.304. The van der Waals surface area contributed by atoms with Crippen molar-refractivity contribution in [3.8, 4) is 5.75 Å². The standard InChI is InChI=1S/C10H10O3/c1-7(5-11)10-4-9(13)3-2-8(10)6-12/h2-7,13H,1H3. The maximum absolute atomic E-state index is 10.6. The lowest BCUT2D eigenvalue weighted by Gasteiger charge is -2.07. The van der Waals surface area contributed by atoms with Crippen LogP contribution in [0.5, 0.6) is 5.75 Å². The van der Waals surface area contributed by atoms with Gasteiger partial charge in [-0.25, -0.2) is 0 Å². The molecule has 1 aromatic rings. The van der Waals surface area contributed by atoms with Crippen LogP contribution in [0.15, 0.2) is 18.2 Å². The molecule has 0 aromatic heterocycles. The second kappa shape index (κ2) is 3.85. The van der Waals surface area contributed by atoms with Gasteiger partial charge >= 0.3 is 0 Å². The number of rotatable bonds is 3. The third-order valence-electron chi connectivity index (χ3n) is 1.89. The lowest BCUT2D eigenvalue weighted by Crippen LogP contribution is -1.99. The van der Waals surface area contributed by atoms with E-state index in [0.717, 1.165) is 6.29 Å². The Morgan fingerprint density at radius 3 is 2.62 bits per heavy atom. The van der Waals surface area contributed by atoms with Crippen molar-refractivity contribution in [3.63, 3.8) is 0 Å². The first-order valence-electron chi connectivity index (χ1n) is 3.92. The molecule has 13 heavy (non-hydrogen) atoms. The highest BCUT2D eigenvalue weighted by Crippen LogP contribution is 2.21. The predicted molar refractivity (Wildman–Crippen MR) is 48.0 cm³/mol. The van der Waals surface area contributed by atoms with Crippen LogP contribution in [-0.2, 0) is 4.79 Å². The zero-order chi connectivity index (χ0) is 9.84. The van der Waals surface area contributed by atoms with E-state index >= 15 is 0 Å². The fourth-order valence-electron chi connectivity index (χ4n) is 1.14. The van der Waals surface area contributed by atoms with E-state index in [1.165, 1.54) is 18.2 Å². The van der Waals surface area contributed by atoms with E-state index in [4.69, 9.17) is 5.11 Å². The highest BCUT2D eigenvalue weighted by molar-refractivity contribution is 5.80. The first kappa shape index (κ1) is 9.45. The van der Waals surface area contributed by atoms with E-state index in [-0.39, 0.29) is 11.7 Å². The monoisotopic (exact) mass is 178 g/mol. The molecule has 0 spiro atoms. The normalized spacial score (nSPS) is 12.1. The van der Waals surface area contributed by atoms with Crippen molar-refractivity contribution in [2.75, 3.05) is 0 Å². The minimum atomic E-state index is -0.368. The summed E-state index contributed by atoms with van der Waals surface area (Å²) in [7, 11) is 0. The zero-order valence-corrected chi connectivity index (χ0v) is 7.23. The predicted octanol–water partition coefficient (Wildman–Crippen LogP) is 1.51. The second-order valence-corrected chi connectivity index (χ2v) is 2.86. The Morgan fingerprint density at radius 1 is 1.38 bits per heavy atom. The molecule has 1 unspecified atom stereocenters. The third kappa shape index (κ3) is 1.93. The van der Waals surface area contributed by atoms with Gasteiger partial charge in [0.15, 0.2) is 0 Å². The lowest BCUT2D eigenvalue weighted by molar-refractivity contribution is -0.108. The van der Waals surface area contributed by atoms with Crippen LogP contribution in [0.3, 0.4) is 0 Å². The van der Waals surface area contributed by atoms with Crippen LogP contribution in [0.1, 0.15) is 28.8 Å². The molecule has 0 aliphatic rings. The molecule has 0 saturated heterocycles. The molecule has 0 aliphatic heterocycles. The van der Waals surface area contributed by atoms with Gasteiger partial charge in [-0.15, -0.1) is 0 Å². The summed E-state index contributed by atoms with van der Waals surface area (Å²) in [6.07, 6.45) is 1.41. The van der Waals surface area contributed by atoms with Gasteiger partial charge in [-0.1, -0.05) is 6.92 Å². The van der Waals surface area contributed by atoms with Crippen molar-refractivity contribution < 1.29 is 14.7 Å². The molecule has 0 aliphatic carbocycles. The molecule has 0 heterocycles.